The average molecular weight is 424 g/mol. The van der Waals surface area contributed by atoms with Gasteiger partial charge in [-0.05, 0) is 42.2 Å². The van der Waals surface area contributed by atoms with Crippen molar-refractivity contribution in [1.82, 2.24) is 4.90 Å². The number of fused-ring (bicyclic) bond motifs is 5. The van der Waals surface area contributed by atoms with E-state index in [2.05, 4.69) is 5.32 Å². The van der Waals surface area contributed by atoms with Crippen LogP contribution in [0, 0.1) is 29.6 Å². The fourth-order valence-corrected chi connectivity index (χ4v) is 5.23. The summed E-state index contributed by atoms with van der Waals surface area (Å²) in [6.45, 7) is 5.05. The van der Waals surface area contributed by atoms with Crippen molar-refractivity contribution in [2.45, 2.75) is 39.7 Å². The number of nitrogens with one attached hydrogen (secondary N) is 1. The van der Waals surface area contributed by atoms with Crippen LogP contribution in [-0.4, -0.2) is 41.2 Å². The van der Waals surface area contributed by atoms with Gasteiger partial charge in [0.2, 0.25) is 11.8 Å². The molecule has 0 radical (unpaired) electrons. The smallest absolute Gasteiger partial charge is 0.330 e. The van der Waals surface area contributed by atoms with Crippen LogP contribution in [0.2, 0.25) is 0 Å². The normalized spacial score (nSPS) is 27.0. The number of imide groups is 1. The van der Waals surface area contributed by atoms with Crippen molar-refractivity contribution in [2.24, 2.45) is 29.6 Å². The summed E-state index contributed by atoms with van der Waals surface area (Å²) in [7, 11) is 0. The number of carbonyl (C=O) groups excluding carboxylic acids is 4. The maximum atomic E-state index is 13.1. The molecule has 7 heteroatoms. The van der Waals surface area contributed by atoms with Gasteiger partial charge in [0.15, 0.2) is 6.61 Å². The highest BCUT2D eigenvalue weighted by Gasteiger charge is 2.61. The Morgan fingerprint density at radius 1 is 1.10 bits per heavy atom. The number of rotatable bonds is 7. The van der Waals surface area contributed by atoms with Gasteiger partial charge < -0.3 is 10.1 Å². The van der Waals surface area contributed by atoms with E-state index in [4.69, 9.17) is 4.74 Å². The molecule has 31 heavy (non-hydrogen) atoms. The molecule has 2 aliphatic carbocycles. The summed E-state index contributed by atoms with van der Waals surface area (Å²) in [5, 5.41) is 2.75. The number of allylic oxidation sites excluding steroid dienone is 2. The first-order valence-corrected chi connectivity index (χ1v) is 10.9. The Kier molecular flexibility index (Phi) is 5.69. The van der Waals surface area contributed by atoms with Crippen LogP contribution in [0.5, 0.6) is 0 Å². The molecular formula is C24H28N2O5. The predicted octanol–water partition coefficient (Wildman–Crippen LogP) is 2.56. The summed E-state index contributed by atoms with van der Waals surface area (Å²) >= 11 is 0. The van der Waals surface area contributed by atoms with Crippen molar-refractivity contribution in [2.75, 3.05) is 11.9 Å². The number of nitrogens with zero attached hydrogens (tertiary/aromatic N) is 1. The molecule has 1 heterocycles. The first-order valence-electron chi connectivity index (χ1n) is 10.9. The van der Waals surface area contributed by atoms with Gasteiger partial charge in [-0.1, -0.05) is 51.1 Å². The van der Waals surface area contributed by atoms with Crippen LogP contribution in [-0.2, 0) is 30.3 Å². The number of ether oxygens (including phenoxy) is 1. The van der Waals surface area contributed by atoms with E-state index in [1.54, 1.807) is 19.9 Å². The third kappa shape index (κ3) is 3.66. The van der Waals surface area contributed by atoms with E-state index in [1.807, 2.05) is 37.3 Å². The van der Waals surface area contributed by atoms with Crippen LogP contribution in [0.15, 0.2) is 36.4 Å². The Morgan fingerprint density at radius 3 is 2.29 bits per heavy atom. The summed E-state index contributed by atoms with van der Waals surface area (Å²) < 4.78 is 5.26. The summed E-state index contributed by atoms with van der Waals surface area (Å²) in [5.74, 6) is -2.68. The molecule has 2 fully saturated rings. The standard InChI is InChI=1S/C24H28N2O5/c1-4-14-7-5-6-8-17(14)25-18(27)12-31-24(30)21(13(2)3)26-22(28)19-15-9-10-16(11-15)20(19)23(26)29/h5-10,13,15-16,19-21H,4,11-12H2,1-3H3,(H,25,27)/t15-,16-,19+,20+,21-/m0/s1. The van der Waals surface area contributed by atoms with Crippen molar-refractivity contribution in [3.8, 4) is 0 Å². The van der Waals surface area contributed by atoms with E-state index >= 15 is 0 Å². The van der Waals surface area contributed by atoms with Crippen LogP contribution in [0.25, 0.3) is 0 Å². The Hall–Kier alpha value is -2.96. The molecule has 4 rings (SSSR count). The van der Waals surface area contributed by atoms with E-state index in [9.17, 15) is 19.2 Å². The van der Waals surface area contributed by atoms with Crippen molar-refractivity contribution in [1.29, 1.82) is 0 Å². The van der Waals surface area contributed by atoms with E-state index in [0.717, 1.165) is 23.3 Å². The van der Waals surface area contributed by atoms with Crippen LogP contribution < -0.4 is 5.32 Å². The number of hydrogen-bond donors (Lipinski definition) is 1. The first-order chi connectivity index (χ1) is 14.8. The minimum Gasteiger partial charge on any atom is -0.454 e. The largest absolute Gasteiger partial charge is 0.454 e. The fourth-order valence-electron chi connectivity index (χ4n) is 5.23. The third-order valence-corrected chi connectivity index (χ3v) is 6.67. The molecule has 164 valence electrons. The minimum absolute atomic E-state index is 0.0738. The zero-order chi connectivity index (χ0) is 22.3. The summed E-state index contributed by atoms with van der Waals surface area (Å²) in [5.41, 5.74) is 1.65. The van der Waals surface area contributed by atoms with Gasteiger partial charge in [-0.25, -0.2) is 4.79 Å². The second kappa shape index (κ2) is 8.29. The molecule has 0 spiro atoms. The van der Waals surface area contributed by atoms with Crippen LogP contribution in [0.4, 0.5) is 5.69 Å². The van der Waals surface area contributed by atoms with Gasteiger partial charge in [-0.3, -0.25) is 19.3 Å². The van der Waals surface area contributed by atoms with E-state index in [0.29, 0.717) is 5.69 Å². The van der Waals surface area contributed by atoms with Crippen molar-refractivity contribution < 1.29 is 23.9 Å². The van der Waals surface area contributed by atoms with Gasteiger partial charge in [-0.15, -0.1) is 0 Å². The van der Waals surface area contributed by atoms with Crippen molar-refractivity contribution >= 4 is 29.4 Å². The molecular weight excluding hydrogens is 396 g/mol. The zero-order valence-corrected chi connectivity index (χ0v) is 18.0. The predicted molar refractivity (Wildman–Crippen MR) is 114 cm³/mol. The average Bonchev–Trinajstić information content (AvgIpc) is 3.42. The number of para-hydroxylation sites is 1. The molecule has 1 N–H and O–H groups in total. The second-order valence-electron chi connectivity index (χ2n) is 8.90. The zero-order valence-electron chi connectivity index (χ0n) is 18.0. The molecule has 7 nitrogen and oxygen atoms in total. The third-order valence-electron chi connectivity index (χ3n) is 6.67. The molecule has 3 aliphatic rings. The summed E-state index contributed by atoms with van der Waals surface area (Å²) in [6, 6.07) is 6.39. The van der Waals surface area contributed by atoms with Gasteiger partial charge in [0.05, 0.1) is 11.8 Å². The van der Waals surface area contributed by atoms with Gasteiger partial charge in [0.1, 0.15) is 6.04 Å². The van der Waals surface area contributed by atoms with Gasteiger partial charge in [-0.2, -0.15) is 0 Å². The molecule has 1 saturated heterocycles. The highest BCUT2D eigenvalue weighted by Crippen LogP contribution is 2.53. The van der Waals surface area contributed by atoms with Crippen LogP contribution in [0.1, 0.15) is 32.8 Å². The lowest BCUT2D eigenvalue weighted by atomic mass is 9.85. The first kappa shape index (κ1) is 21.3. The topological polar surface area (TPSA) is 92.8 Å². The number of esters is 1. The van der Waals surface area contributed by atoms with Crippen LogP contribution in [0.3, 0.4) is 0 Å². The number of likely N-dealkylation sites (tertiary alicyclic amines) is 1. The molecule has 5 atom stereocenters. The molecule has 1 aromatic carbocycles. The summed E-state index contributed by atoms with van der Waals surface area (Å²) in [4.78, 5) is 52.5. The van der Waals surface area contributed by atoms with E-state index in [-0.39, 0.29) is 41.4 Å². The number of anilines is 1. The second-order valence-corrected chi connectivity index (χ2v) is 8.90. The molecule has 2 bridgehead atoms. The molecule has 3 amide bonds. The summed E-state index contributed by atoms with van der Waals surface area (Å²) in [6.07, 6.45) is 5.62. The Bertz CT molecular complexity index is 923. The molecule has 1 aromatic rings. The van der Waals surface area contributed by atoms with E-state index in [1.165, 1.54) is 0 Å². The Labute approximate surface area is 181 Å². The van der Waals surface area contributed by atoms with Crippen LogP contribution >= 0.6 is 0 Å². The SMILES string of the molecule is CCc1ccccc1NC(=O)COC(=O)[C@H](C(C)C)N1C(=O)[C@H]2[C@H](C1=O)[C@H]1C=C[C@H]2C1. The monoisotopic (exact) mass is 424 g/mol. The van der Waals surface area contributed by atoms with Gasteiger partial charge in [0.25, 0.3) is 5.91 Å². The quantitative estimate of drug-likeness (QED) is 0.413. The van der Waals surface area contributed by atoms with Crippen molar-refractivity contribution in [3.05, 3.63) is 42.0 Å². The molecule has 1 aliphatic heterocycles. The molecule has 0 aromatic heterocycles. The van der Waals surface area contributed by atoms with E-state index < -0.39 is 24.5 Å². The Morgan fingerprint density at radius 2 is 1.71 bits per heavy atom. The maximum Gasteiger partial charge on any atom is 0.330 e. The number of aryl methyl sites for hydroxylation is 1. The van der Waals surface area contributed by atoms with Crippen molar-refractivity contribution in [3.63, 3.8) is 0 Å². The number of hydrogen-bond acceptors (Lipinski definition) is 5. The lowest BCUT2D eigenvalue weighted by Gasteiger charge is -2.28. The number of amides is 3. The lowest BCUT2D eigenvalue weighted by molar-refractivity contribution is -0.162. The highest BCUT2D eigenvalue weighted by atomic mass is 16.5. The number of benzene rings is 1. The highest BCUT2D eigenvalue weighted by molar-refractivity contribution is 6.09. The fraction of sp³-hybridized carbons (Fsp3) is 0.500. The molecule has 1 saturated carbocycles. The molecule has 0 unspecified atom stereocenters. The Balaban J connectivity index is 1.42. The maximum absolute atomic E-state index is 13.1. The number of carbonyl (C=O) groups is 4. The van der Waals surface area contributed by atoms with Gasteiger partial charge >= 0.3 is 5.97 Å². The lowest BCUT2D eigenvalue weighted by Crippen LogP contribution is -2.50. The van der Waals surface area contributed by atoms with Gasteiger partial charge in [0, 0.05) is 5.69 Å². The minimum atomic E-state index is -1.03.